The Morgan fingerprint density at radius 2 is 0.522 bits per heavy atom. The molecule has 6 nitrogen and oxygen atoms in total. The number of aromatic nitrogens is 4. The summed E-state index contributed by atoms with van der Waals surface area (Å²) in [6.45, 7) is 0. The van der Waals surface area contributed by atoms with Crippen molar-refractivity contribution in [2.45, 2.75) is 0 Å². The average molecular weight is 1520 g/mol. The van der Waals surface area contributed by atoms with Crippen molar-refractivity contribution < 1.29 is 8.83 Å². The van der Waals surface area contributed by atoms with Crippen molar-refractivity contribution in [3.05, 3.63) is 437 Å². The Labute approximate surface area is 668 Å². The Morgan fingerprint density at radius 3 is 0.939 bits per heavy atom. The molecular formula is C106H72N4O2Si3. The zero-order valence-corrected chi connectivity index (χ0v) is 65.7. The highest BCUT2D eigenvalue weighted by atomic mass is 28.3. The first-order valence-corrected chi connectivity index (χ1v) is 45.4. The van der Waals surface area contributed by atoms with Crippen LogP contribution in [0.15, 0.2) is 446 Å². The molecule has 0 radical (unpaired) electrons. The lowest BCUT2D eigenvalue weighted by Crippen LogP contribution is -2.74. The SMILES string of the molecule is c1ccc([Si](c2ccccc2)(c2ccccc2)c2cccc(-n3c4ccccc4c4c3ccc3c5ccccc5n(-c5nc(-c6ccc([Si](c7ccccc7)(c7ccccc7)c7ccc8oc9ccccc9c8c7)cc6)cc(-c6ccc([Si](c7ccccc7)(c7ccccc7)c7ccc8oc9ccccc9c8c7)cc6)n5)c34)c2)cc1. The molecule has 5 aromatic heterocycles. The lowest BCUT2D eigenvalue weighted by molar-refractivity contribution is 0.668. The molecule has 0 atom stereocenters. The molecule has 115 heavy (non-hydrogen) atoms. The first kappa shape index (κ1) is 67.6. The maximum Gasteiger partial charge on any atom is 0.235 e. The van der Waals surface area contributed by atoms with Crippen LogP contribution < -0.4 is 62.2 Å². The normalized spacial score (nSPS) is 12.2. The molecule has 0 aliphatic heterocycles. The van der Waals surface area contributed by atoms with E-state index in [1.165, 1.54) is 62.2 Å². The van der Waals surface area contributed by atoms with Crippen LogP contribution in [0.25, 0.3) is 122 Å². The second kappa shape index (κ2) is 27.6. The fraction of sp³-hybridized carbons (Fsp3) is 0. The average Bonchev–Trinajstić information content (AvgIpc) is 1.53. The Balaban J connectivity index is 0.777. The van der Waals surface area contributed by atoms with Crippen molar-refractivity contribution in [2.75, 3.05) is 0 Å². The van der Waals surface area contributed by atoms with Gasteiger partial charge >= 0.3 is 0 Å². The van der Waals surface area contributed by atoms with Gasteiger partial charge in [0.05, 0.1) is 33.5 Å². The summed E-state index contributed by atoms with van der Waals surface area (Å²) in [4.78, 5) is 11.9. The van der Waals surface area contributed by atoms with Gasteiger partial charge in [0.1, 0.15) is 22.3 Å². The molecule has 0 aliphatic carbocycles. The summed E-state index contributed by atoms with van der Waals surface area (Å²) in [5.41, 5.74) is 12.4. The molecule has 0 spiro atoms. The van der Waals surface area contributed by atoms with Crippen molar-refractivity contribution in [1.82, 2.24) is 19.1 Å². The highest BCUT2D eigenvalue weighted by molar-refractivity contribution is 7.21. The van der Waals surface area contributed by atoms with E-state index in [0.29, 0.717) is 5.95 Å². The number of fused-ring (bicyclic) bond motifs is 13. The summed E-state index contributed by atoms with van der Waals surface area (Å²) in [5, 5.41) is 24.3. The second-order valence-corrected chi connectivity index (χ2v) is 41.6. The minimum atomic E-state index is -3.11. The van der Waals surface area contributed by atoms with Crippen molar-refractivity contribution in [3.8, 4) is 34.2 Å². The van der Waals surface area contributed by atoms with E-state index in [0.717, 1.165) is 116 Å². The minimum absolute atomic E-state index is 0.568. The van der Waals surface area contributed by atoms with Gasteiger partial charge in [0.15, 0.2) is 24.2 Å². The first-order chi connectivity index (χ1) is 57.0. The highest BCUT2D eigenvalue weighted by Gasteiger charge is 2.45. The van der Waals surface area contributed by atoms with E-state index in [1.54, 1.807) is 0 Å². The predicted molar refractivity (Wildman–Crippen MR) is 487 cm³/mol. The van der Waals surface area contributed by atoms with Gasteiger partial charge in [-0.3, -0.25) is 4.57 Å². The number of nitrogens with zero attached hydrogens (tertiary/aromatic N) is 4. The Bertz CT molecular complexity index is 7000. The van der Waals surface area contributed by atoms with Gasteiger partial charge < -0.3 is 13.4 Å². The van der Waals surface area contributed by atoms with E-state index in [4.69, 9.17) is 18.8 Å². The zero-order chi connectivity index (χ0) is 76.0. The Kier molecular flexibility index (Phi) is 16.2. The van der Waals surface area contributed by atoms with Crippen molar-refractivity contribution >= 4 is 174 Å². The first-order valence-electron chi connectivity index (χ1n) is 39.4. The lowest BCUT2D eigenvalue weighted by atomic mass is 10.1. The minimum Gasteiger partial charge on any atom is -0.456 e. The van der Waals surface area contributed by atoms with Crippen LogP contribution in [0.1, 0.15) is 0 Å². The Hall–Kier alpha value is -14.3. The number of hydrogen-bond acceptors (Lipinski definition) is 4. The molecule has 0 aliphatic rings. The van der Waals surface area contributed by atoms with Crippen LogP contribution in [0.2, 0.25) is 0 Å². The fourth-order valence-electron chi connectivity index (χ4n) is 19.2. The van der Waals surface area contributed by atoms with Gasteiger partial charge in [0.25, 0.3) is 0 Å². The van der Waals surface area contributed by atoms with Crippen LogP contribution in [0.5, 0.6) is 0 Å². The molecular weight excluding hydrogens is 1450 g/mol. The second-order valence-electron chi connectivity index (χ2n) is 30.1. The van der Waals surface area contributed by atoms with E-state index in [9.17, 15) is 0 Å². The summed E-state index contributed by atoms with van der Waals surface area (Å²) < 4.78 is 17.9. The molecule has 0 N–H and O–H groups in total. The van der Waals surface area contributed by atoms with Crippen LogP contribution in [0, 0.1) is 0 Å². The molecule has 17 aromatic carbocycles. The van der Waals surface area contributed by atoms with Gasteiger partial charge in [-0.05, 0) is 123 Å². The third kappa shape index (κ3) is 10.7. The van der Waals surface area contributed by atoms with Crippen LogP contribution >= 0.6 is 0 Å². The van der Waals surface area contributed by atoms with E-state index in [1.807, 2.05) is 12.1 Å². The Morgan fingerprint density at radius 1 is 0.200 bits per heavy atom. The van der Waals surface area contributed by atoms with Crippen molar-refractivity contribution in [3.63, 3.8) is 0 Å². The monoisotopic (exact) mass is 1520 g/mol. The maximum absolute atomic E-state index is 6.54. The van der Waals surface area contributed by atoms with Crippen molar-refractivity contribution in [1.29, 1.82) is 0 Å². The molecule has 0 saturated heterocycles. The van der Waals surface area contributed by atoms with Gasteiger partial charge in [-0.15, -0.1) is 0 Å². The molecule has 540 valence electrons. The van der Waals surface area contributed by atoms with Crippen LogP contribution in [-0.2, 0) is 0 Å². The quantitative estimate of drug-likeness (QED) is 0.0714. The van der Waals surface area contributed by atoms with Crippen molar-refractivity contribution in [2.24, 2.45) is 0 Å². The summed E-state index contributed by atoms with van der Waals surface area (Å²) >= 11 is 0. The lowest BCUT2D eigenvalue weighted by Gasteiger charge is -2.34. The molecule has 22 aromatic rings. The largest absolute Gasteiger partial charge is 0.456 e. The van der Waals surface area contributed by atoms with E-state index in [2.05, 4.69) is 434 Å². The third-order valence-corrected chi connectivity index (χ3v) is 38.5. The smallest absolute Gasteiger partial charge is 0.235 e. The number of hydrogen-bond donors (Lipinski definition) is 0. The molecule has 5 heterocycles. The van der Waals surface area contributed by atoms with E-state index >= 15 is 0 Å². The van der Waals surface area contributed by atoms with Gasteiger partial charge in [0, 0.05) is 59.9 Å². The predicted octanol–water partition coefficient (Wildman–Crippen LogP) is 17.9. The zero-order valence-electron chi connectivity index (χ0n) is 62.7. The molecule has 0 fully saturated rings. The van der Waals surface area contributed by atoms with E-state index in [-0.39, 0.29) is 0 Å². The number of rotatable bonds is 16. The van der Waals surface area contributed by atoms with Gasteiger partial charge in [0.2, 0.25) is 5.95 Å². The fourth-order valence-corrected chi connectivity index (χ4v) is 33.5. The number of para-hydroxylation sites is 4. The van der Waals surface area contributed by atoms with Crippen LogP contribution in [0.4, 0.5) is 0 Å². The third-order valence-electron chi connectivity index (χ3n) is 24.2. The van der Waals surface area contributed by atoms with Crippen LogP contribution in [0.3, 0.4) is 0 Å². The number of furan rings is 2. The summed E-state index contributed by atoms with van der Waals surface area (Å²) in [7, 11) is -9.17. The van der Waals surface area contributed by atoms with Gasteiger partial charge in [-0.25, -0.2) is 9.97 Å². The van der Waals surface area contributed by atoms with Gasteiger partial charge in [-0.1, -0.05) is 376 Å². The number of benzene rings is 17. The maximum atomic E-state index is 6.54. The van der Waals surface area contributed by atoms with Crippen LogP contribution in [-0.4, -0.2) is 43.3 Å². The molecule has 22 rings (SSSR count). The van der Waals surface area contributed by atoms with E-state index < -0.39 is 24.2 Å². The molecule has 0 unspecified atom stereocenters. The summed E-state index contributed by atoms with van der Waals surface area (Å²) in [6.07, 6.45) is 0. The topological polar surface area (TPSA) is 61.9 Å². The highest BCUT2D eigenvalue weighted by Crippen LogP contribution is 2.43. The molecule has 0 saturated carbocycles. The molecule has 9 heteroatoms. The standard InChI is InChI=1S/C106H72N4O2Si3/c1-8-32-76(33-9-1)113(77-34-10-2-11-35-77,78-36-12-3-13-37-78)85-46-30-31-75(69-85)109-98-52-27-23-50-92(98)104-99(109)66-65-91-88-47-22-26-51-97(88)110(105(91)104)106-107-95(73-55-59-83(60-56-73)114(79-38-14-4-15-39-79,80-40-16-5-17-41-80)86-63-67-102-93(70-86)89-48-24-28-53-100(89)111-102)72-96(108-106)74-57-61-84(62-58-74)115(81-42-18-6-19-43-81,82-44-20-7-21-45-82)87-64-68-103-94(71-87)90-49-25-29-54-101(90)112-103/h1-72H. The summed E-state index contributed by atoms with van der Waals surface area (Å²) in [5.74, 6) is 0.568. The summed E-state index contributed by atoms with van der Waals surface area (Å²) in [6, 6.07) is 162. The molecule has 0 bridgehead atoms. The van der Waals surface area contributed by atoms with Gasteiger partial charge in [-0.2, -0.15) is 0 Å². The molecule has 0 amide bonds.